The van der Waals surface area contributed by atoms with E-state index in [-0.39, 0.29) is 11.0 Å². The van der Waals surface area contributed by atoms with Gasteiger partial charge in [0.05, 0.1) is 0 Å². The van der Waals surface area contributed by atoms with Gasteiger partial charge in [0.2, 0.25) is 5.95 Å². The number of rotatable bonds is 4. The number of hydrogen-bond acceptors (Lipinski definition) is 5. The van der Waals surface area contributed by atoms with Gasteiger partial charge in [-0.1, -0.05) is 12.0 Å². The monoisotopic (exact) mass is 416 g/mol. The first-order valence-corrected chi connectivity index (χ1v) is 7.73. The molecule has 9 heteroatoms. The maximum atomic E-state index is 12.0. The van der Waals surface area contributed by atoms with Gasteiger partial charge in [0.1, 0.15) is 0 Å². The molecule has 0 aliphatic carbocycles. The number of aromatic nitrogens is 4. The van der Waals surface area contributed by atoms with E-state index in [1.54, 1.807) is 16.8 Å². The van der Waals surface area contributed by atoms with Crippen LogP contribution in [0, 0.1) is 3.57 Å². The summed E-state index contributed by atoms with van der Waals surface area (Å²) in [6.07, 6.45) is 0.890. The quantitative estimate of drug-likeness (QED) is 0.585. The minimum absolute atomic E-state index is 0.158. The van der Waals surface area contributed by atoms with Crippen molar-refractivity contribution in [3.8, 4) is 0 Å². The molecule has 0 radical (unpaired) electrons. The Kier molecular flexibility index (Phi) is 5.56. The molecule has 2 aromatic rings. The Balaban J connectivity index is 1.96. The van der Waals surface area contributed by atoms with Gasteiger partial charge in [0.25, 0.3) is 5.91 Å². The highest BCUT2D eigenvalue weighted by Gasteiger charge is 2.11. The molecule has 0 aliphatic rings. The summed E-state index contributed by atoms with van der Waals surface area (Å²) in [6.45, 7) is 2.69. The number of tetrazole rings is 1. The fraction of sp³-hybridized carbons (Fsp3) is 0.250. The first-order chi connectivity index (χ1) is 10.1. The third-order valence-corrected chi connectivity index (χ3v) is 3.45. The summed E-state index contributed by atoms with van der Waals surface area (Å²) >= 11 is 7.27. The molecule has 1 amide bonds. The minimum atomic E-state index is -0.279. The van der Waals surface area contributed by atoms with Gasteiger partial charge in [0.15, 0.2) is 5.11 Å². The molecule has 1 aromatic carbocycles. The molecule has 2 rings (SSSR count). The third kappa shape index (κ3) is 4.43. The number of carbonyl (C=O) groups is 1. The Morgan fingerprint density at radius 2 is 2.10 bits per heavy atom. The Labute approximate surface area is 140 Å². The summed E-state index contributed by atoms with van der Waals surface area (Å²) < 4.78 is 2.65. The van der Waals surface area contributed by atoms with Crippen LogP contribution in [-0.4, -0.2) is 31.2 Å². The summed E-state index contributed by atoms with van der Waals surface area (Å²) in [6, 6.07) is 7.18. The second-order valence-electron chi connectivity index (χ2n) is 4.14. The molecule has 0 aliphatic heterocycles. The third-order valence-electron chi connectivity index (χ3n) is 2.53. The first kappa shape index (κ1) is 15.8. The van der Waals surface area contributed by atoms with Crippen LogP contribution in [0.3, 0.4) is 0 Å². The number of carbonyl (C=O) groups excluding carboxylic acids is 1. The fourth-order valence-electron chi connectivity index (χ4n) is 1.57. The molecule has 0 saturated carbocycles. The van der Waals surface area contributed by atoms with Crippen LogP contribution in [0.4, 0.5) is 5.95 Å². The smallest absolute Gasteiger partial charge is 0.257 e. The van der Waals surface area contributed by atoms with Crippen molar-refractivity contribution in [1.29, 1.82) is 0 Å². The molecular formula is C12H13IN6OS. The van der Waals surface area contributed by atoms with E-state index in [4.69, 9.17) is 12.2 Å². The van der Waals surface area contributed by atoms with Crippen LogP contribution in [0.5, 0.6) is 0 Å². The van der Waals surface area contributed by atoms with Gasteiger partial charge in [-0.15, -0.1) is 0 Å². The summed E-state index contributed by atoms with van der Waals surface area (Å²) in [5.74, 6) is 0.128. The van der Waals surface area contributed by atoms with E-state index < -0.39 is 0 Å². The molecule has 2 N–H and O–H groups in total. The largest absolute Gasteiger partial charge is 0.300 e. The Morgan fingerprint density at radius 1 is 1.38 bits per heavy atom. The van der Waals surface area contributed by atoms with Crippen LogP contribution in [0.2, 0.25) is 0 Å². The van der Waals surface area contributed by atoms with Crippen molar-refractivity contribution in [2.45, 2.75) is 19.9 Å². The Morgan fingerprint density at radius 3 is 2.76 bits per heavy atom. The van der Waals surface area contributed by atoms with Crippen molar-refractivity contribution in [3.63, 3.8) is 0 Å². The number of nitrogens with zero attached hydrogens (tertiary/aromatic N) is 4. The van der Waals surface area contributed by atoms with Gasteiger partial charge in [-0.3, -0.25) is 15.4 Å². The van der Waals surface area contributed by atoms with E-state index in [2.05, 4.69) is 48.7 Å². The van der Waals surface area contributed by atoms with Crippen LogP contribution < -0.4 is 10.6 Å². The van der Waals surface area contributed by atoms with Crippen molar-refractivity contribution in [2.24, 2.45) is 0 Å². The normalized spacial score (nSPS) is 10.2. The first-order valence-electron chi connectivity index (χ1n) is 6.24. The lowest BCUT2D eigenvalue weighted by molar-refractivity contribution is 0.0977. The number of thiocarbonyl (C=S) groups is 1. The summed E-state index contributed by atoms with van der Waals surface area (Å²) in [4.78, 5) is 12.0. The van der Waals surface area contributed by atoms with Crippen molar-refractivity contribution in [1.82, 2.24) is 25.5 Å². The zero-order chi connectivity index (χ0) is 15.2. The molecule has 0 unspecified atom stereocenters. The molecule has 0 fully saturated rings. The van der Waals surface area contributed by atoms with Gasteiger partial charge in [-0.05, 0) is 75.9 Å². The van der Waals surface area contributed by atoms with Crippen molar-refractivity contribution in [2.75, 3.05) is 5.32 Å². The number of halogens is 1. The topological polar surface area (TPSA) is 84.7 Å². The van der Waals surface area contributed by atoms with Gasteiger partial charge in [0, 0.05) is 15.7 Å². The molecule has 1 heterocycles. The maximum Gasteiger partial charge on any atom is 0.257 e. The van der Waals surface area contributed by atoms with Crippen LogP contribution in [0.1, 0.15) is 23.7 Å². The molecule has 1 aromatic heterocycles. The number of anilines is 1. The van der Waals surface area contributed by atoms with Crippen LogP contribution in [0.25, 0.3) is 0 Å². The van der Waals surface area contributed by atoms with Crippen molar-refractivity contribution in [3.05, 3.63) is 33.4 Å². The highest BCUT2D eigenvalue weighted by Crippen LogP contribution is 2.07. The summed E-state index contributed by atoms with van der Waals surface area (Å²) in [5.41, 5.74) is 0.535. The van der Waals surface area contributed by atoms with Crippen LogP contribution >= 0.6 is 34.8 Å². The van der Waals surface area contributed by atoms with Gasteiger partial charge in [-0.2, -0.15) is 0 Å². The molecule has 21 heavy (non-hydrogen) atoms. The average molecular weight is 416 g/mol. The predicted octanol–water partition coefficient (Wildman–Crippen LogP) is 1.81. The van der Waals surface area contributed by atoms with Crippen LogP contribution in [0.15, 0.2) is 24.3 Å². The second kappa shape index (κ2) is 7.41. The predicted molar refractivity (Wildman–Crippen MR) is 91.0 cm³/mol. The lowest BCUT2D eigenvalue weighted by Gasteiger charge is -2.09. The molecular weight excluding hydrogens is 403 g/mol. The van der Waals surface area contributed by atoms with E-state index in [0.717, 1.165) is 9.99 Å². The number of benzene rings is 1. The Bertz CT molecular complexity index is 641. The highest BCUT2D eigenvalue weighted by atomic mass is 127. The number of aryl methyl sites for hydroxylation is 1. The van der Waals surface area contributed by atoms with Crippen LogP contribution in [-0.2, 0) is 6.54 Å². The lowest BCUT2D eigenvalue weighted by atomic mass is 10.2. The Hall–Kier alpha value is -1.62. The van der Waals surface area contributed by atoms with Crippen molar-refractivity contribution >= 4 is 51.8 Å². The summed E-state index contributed by atoms with van der Waals surface area (Å²) in [7, 11) is 0. The molecule has 7 nitrogen and oxygen atoms in total. The van der Waals surface area contributed by atoms with E-state index in [0.29, 0.717) is 18.1 Å². The number of hydrogen-bond donors (Lipinski definition) is 2. The minimum Gasteiger partial charge on any atom is -0.300 e. The highest BCUT2D eigenvalue weighted by molar-refractivity contribution is 14.1. The van der Waals surface area contributed by atoms with Gasteiger partial charge in [-0.25, -0.2) is 4.68 Å². The lowest BCUT2D eigenvalue weighted by Crippen LogP contribution is -2.35. The average Bonchev–Trinajstić information content (AvgIpc) is 2.87. The number of nitrogens with one attached hydrogen (secondary N) is 2. The summed E-state index contributed by atoms with van der Waals surface area (Å²) in [5, 5.41) is 16.8. The van der Waals surface area contributed by atoms with Crippen molar-refractivity contribution < 1.29 is 4.79 Å². The maximum absolute atomic E-state index is 12.0. The molecule has 0 bridgehead atoms. The standard InChI is InChI=1S/C12H13IN6OS/c1-2-7-19-11(16-17-18-19)15-12(21)14-10(20)8-3-5-9(13)6-4-8/h3-6H,2,7H2,1H3,(H2,14,15,16,18,20,21). The zero-order valence-electron chi connectivity index (χ0n) is 11.2. The van der Waals surface area contributed by atoms with E-state index in [1.165, 1.54) is 0 Å². The fourth-order valence-corrected chi connectivity index (χ4v) is 2.11. The zero-order valence-corrected chi connectivity index (χ0v) is 14.2. The second-order valence-corrected chi connectivity index (χ2v) is 5.79. The van der Waals surface area contributed by atoms with E-state index in [9.17, 15) is 4.79 Å². The molecule has 110 valence electrons. The van der Waals surface area contributed by atoms with E-state index in [1.807, 2.05) is 19.1 Å². The molecule has 0 saturated heterocycles. The van der Waals surface area contributed by atoms with Gasteiger partial charge >= 0.3 is 0 Å². The van der Waals surface area contributed by atoms with Gasteiger partial charge < -0.3 is 0 Å². The van der Waals surface area contributed by atoms with E-state index >= 15 is 0 Å². The molecule has 0 spiro atoms. The number of amides is 1. The SMILES string of the molecule is CCCn1nnnc1NC(=S)NC(=O)c1ccc(I)cc1. The molecule has 0 atom stereocenters.